The van der Waals surface area contributed by atoms with E-state index in [1.54, 1.807) is 0 Å². The van der Waals surface area contributed by atoms with Gasteiger partial charge in [0.15, 0.2) is 0 Å². The van der Waals surface area contributed by atoms with Gasteiger partial charge in [-0.15, -0.1) is 0 Å². The van der Waals surface area contributed by atoms with Gasteiger partial charge in [-0.05, 0) is 33.0 Å². The first-order valence-corrected chi connectivity index (χ1v) is 6.74. The number of rotatable bonds is 10. The molecule has 0 saturated carbocycles. The number of nitrogens with zero attached hydrogens (tertiary/aromatic N) is 1. The Morgan fingerprint density at radius 2 is 1.82 bits per heavy atom. The number of hydrogen-bond donors (Lipinski definition) is 2. The number of amides is 1. The van der Waals surface area contributed by atoms with Gasteiger partial charge in [0, 0.05) is 12.6 Å². The van der Waals surface area contributed by atoms with E-state index in [0.717, 1.165) is 26.1 Å². The normalized spacial score (nSPS) is 11.2. The van der Waals surface area contributed by atoms with E-state index in [-0.39, 0.29) is 5.91 Å². The minimum atomic E-state index is 0.134. The highest BCUT2D eigenvalue weighted by Crippen LogP contribution is 1.93. The molecule has 0 fully saturated rings. The van der Waals surface area contributed by atoms with Crippen LogP contribution in [0.2, 0.25) is 0 Å². The van der Waals surface area contributed by atoms with Crippen molar-refractivity contribution in [3.05, 3.63) is 0 Å². The molecule has 0 saturated heterocycles. The largest absolute Gasteiger partial charge is 0.355 e. The van der Waals surface area contributed by atoms with Gasteiger partial charge in [0.25, 0.3) is 0 Å². The average Bonchev–Trinajstić information content (AvgIpc) is 2.27. The fraction of sp³-hybridized carbons (Fsp3) is 0.923. The number of nitrogens with one attached hydrogen (secondary N) is 2. The molecular weight excluding hydrogens is 214 g/mol. The Labute approximate surface area is 106 Å². The summed E-state index contributed by atoms with van der Waals surface area (Å²) in [6.07, 6.45) is 3.42. The predicted octanol–water partition coefficient (Wildman–Crippen LogP) is 1.22. The molecule has 0 spiro atoms. The molecule has 0 atom stereocenters. The molecule has 0 rings (SSSR count). The van der Waals surface area contributed by atoms with Crippen molar-refractivity contribution in [3.8, 4) is 0 Å². The maximum Gasteiger partial charge on any atom is 0.234 e. The molecule has 0 bridgehead atoms. The Bertz CT molecular complexity index is 195. The minimum Gasteiger partial charge on any atom is -0.355 e. The zero-order chi connectivity index (χ0) is 13.1. The summed E-state index contributed by atoms with van der Waals surface area (Å²) in [5.74, 6) is 0.134. The average molecular weight is 243 g/mol. The van der Waals surface area contributed by atoms with Crippen LogP contribution in [0, 0.1) is 0 Å². The van der Waals surface area contributed by atoms with Gasteiger partial charge in [0.2, 0.25) is 5.91 Å². The van der Waals surface area contributed by atoms with Gasteiger partial charge in [0.05, 0.1) is 6.54 Å². The molecule has 0 aliphatic heterocycles. The third-order valence-electron chi connectivity index (χ3n) is 2.68. The molecule has 17 heavy (non-hydrogen) atoms. The van der Waals surface area contributed by atoms with Crippen molar-refractivity contribution in [2.45, 2.75) is 46.1 Å². The van der Waals surface area contributed by atoms with Crippen LogP contribution in [-0.4, -0.2) is 50.1 Å². The Morgan fingerprint density at radius 1 is 1.18 bits per heavy atom. The summed E-state index contributed by atoms with van der Waals surface area (Å²) in [4.78, 5) is 13.4. The first kappa shape index (κ1) is 16.4. The lowest BCUT2D eigenvalue weighted by atomic mass is 10.2. The molecule has 2 N–H and O–H groups in total. The minimum absolute atomic E-state index is 0.134. The molecule has 0 radical (unpaired) electrons. The van der Waals surface area contributed by atoms with Gasteiger partial charge in [-0.25, -0.2) is 0 Å². The second-order valence-corrected chi connectivity index (χ2v) is 4.85. The summed E-state index contributed by atoms with van der Waals surface area (Å²) in [6.45, 7) is 9.66. The molecule has 4 heteroatoms. The highest BCUT2D eigenvalue weighted by atomic mass is 16.1. The molecule has 102 valence electrons. The van der Waals surface area contributed by atoms with Crippen molar-refractivity contribution in [1.29, 1.82) is 0 Å². The highest BCUT2D eigenvalue weighted by Gasteiger charge is 2.03. The lowest BCUT2D eigenvalue weighted by Gasteiger charge is -2.13. The van der Waals surface area contributed by atoms with E-state index >= 15 is 0 Å². The van der Waals surface area contributed by atoms with Gasteiger partial charge in [-0.2, -0.15) is 0 Å². The van der Waals surface area contributed by atoms with Crippen molar-refractivity contribution >= 4 is 5.91 Å². The number of carbonyl (C=O) groups is 1. The van der Waals surface area contributed by atoms with Crippen LogP contribution in [0.3, 0.4) is 0 Å². The van der Waals surface area contributed by atoms with Crippen LogP contribution in [-0.2, 0) is 4.79 Å². The van der Waals surface area contributed by atoms with Crippen LogP contribution in [0.15, 0.2) is 0 Å². The third kappa shape index (κ3) is 11.6. The van der Waals surface area contributed by atoms with E-state index in [0.29, 0.717) is 12.6 Å². The fourth-order valence-electron chi connectivity index (χ4n) is 1.46. The summed E-state index contributed by atoms with van der Waals surface area (Å²) in [5, 5.41) is 6.33. The quantitative estimate of drug-likeness (QED) is 0.567. The first-order chi connectivity index (χ1) is 8.06. The van der Waals surface area contributed by atoms with E-state index in [1.807, 2.05) is 11.9 Å². The van der Waals surface area contributed by atoms with Crippen molar-refractivity contribution in [2.24, 2.45) is 0 Å². The molecular formula is C13H29N3O. The topological polar surface area (TPSA) is 44.4 Å². The Hall–Kier alpha value is -0.610. The van der Waals surface area contributed by atoms with Crippen LogP contribution >= 0.6 is 0 Å². The van der Waals surface area contributed by atoms with Crippen molar-refractivity contribution in [1.82, 2.24) is 15.5 Å². The Balaban J connectivity index is 3.25. The second kappa shape index (κ2) is 10.5. The number of unbranched alkanes of at least 4 members (excludes halogenated alkanes) is 2. The second-order valence-electron chi connectivity index (χ2n) is 4.85. The fourth-order valence-corrected chi connectivity index (χ4v) is 1.46. The maximum atomic E-state index is 11.4. The third-order valence-corrected chi connectivity index (χ3v) is 2.68. The molecule has 0 aromatic heterocycles. The van der Waals surface area contributed by atoms with Crippen molar-refractivity contribution in [2.75, 3.05) is 33.2 Å². The van der Waals surface area contributed by atoms with Crippen LogP contribution in [0.1, 0.15) is 40.0 Å². The smallest absolute Gasteiger partial charge is 0.234 e. The van der Waals surface area contributed by atoms with E-state index < -0.39 is 0 Å². The summed E-state index contributed by atoms with van der Waals surface area (Å²) in [6, 6.07) is 0.569. The van der Waals surface area contributed by atoms with Gasteiger partial charge in [-0.1, -0.05) is 27.2 Å². The molecule has 0 unspecified atom stereocenters. The molecule has 0 aromatic carbocycles. The molecule has 0 aliphatic carbocycles. The predicted molar refractivity (Wildman–Crippen MR) is 73.2 cm³/mol. The van der Waals surface area contributed by atoms with Crippen LogP contribution in [0.25, 0.3) is 0 Å². The summed E-state index contributed by atoms with van der Waals surface area (Å²) in [7, 11) is 1.96. The number of likely N-dealkylation sites (N-methyl/N-ethyl adjacent to an activating group) is 1. The SMILES string of the molecule is CCN(C)CC(=O)NCCCCCNC(C)C. The van der Waals surface area contributed by atoms with Crippen LogP contribution < -0.4 is 10.6 Å². The van der Waals surface area contributed by atoms with E-state index in [9.17, 15) is 4.79 Å². The van der Waals surface area contributed by atoms with Gasteiger partial charge >= 0.3 is 0 Å². The molecule has 1 amide bonds. The highest BCUT2D eigenvalue weighted by molar-refractivity contribution is 5.77. The summed E-state index contributed by atoms with van der Waals surface area (Å²) in [5.41, 5.74) is 0. The van der Waals surface area contributed by atoms with Crippen LogP contribution in [0.5, 0.6) is 0 Å². The number of carbonyl (C=O) groups excluding carboxylic acids is 1. The molecule has 0 aromatic rings. The Morgan fingerprint density at radius 3 is 2.41 bits per heavy atom. The zero-order valence-electron chi connectivity index (χ0n) is 11.9. The van der Waals surface area contributed by atoms with E-state index in [4.69, 9.17) is 0 Å². The van der Waals surface area contributed by atoms with Gasteiger partial charge in [0.1, 0.15) is 0 Å². The van der Waals surface area contributed by atoms with Crippen molar-refractivity contribution < 1.29 is 4.79 Å². The van der Waals surface area contributed by atoms with Gasteiger partial charge < -0.3 is 10.6 Å². The zero-order valence-corrected chi connectivity index (χ0v) is 11.9. The lowest BCUT2D eigenvalue weighted by Crippen LogP contribution is -2.35. The van der Waals surface area contributed by atoms with E-state index in [2.05, 4.69) is 31.4 Å². The van der Waals surface area contributed by atoms with Crippen LogP contribution in [0.4, 0.5) is 0 Å². The molecule has 0 aliphatic rings. The van der Waals surface area contributed by atoms with Gasteiger partial charge in [-0.3, -0.25) is 9.69 Å². The maximum absolute atomic E-state index is 11.4. The lowest BCUT2D eigenvalue weighted by molar-refractivity contribution is -0.121. The molecule has 0 heterocycles. The monoisotopic (exact) mass is 243 g/mol. The number of hydrogen-bond acceptors (Lipinski definition) is 3. The van der Waals surface area contributed by atoms with Crippen molar-refractivity contribution in [3.63, 3.8) is 0 Å². The van der Waals surface area contributed by atoms with E-state index in [1.165, 1.54) is 12.8 Å². The standard InChI is InChI=1S/C13H29N3O/c1-5-16(4)11-13(17)15-10-8-6-7-9-14-12(2)3/h12,14H,5-11H2,1-4H3,(H,15,17). The summed E-state index contributed by atoms with van der Waals surface area (Å²) < 4.78 is 0. The summed E-state index contributed by atoms with van der Waals surface area (Å²) >= 11 is 0. The first-order valence-electron chi connectivity index (χ1n) is 6.74. The molecule has 4 nitrogen and oxygen atoms in total. The Kier molecular flexibility index (Phi) is 10.2.